The van der Waals surface area contributed by atoms with Gasteiger partial charge in [-0.05, 0) is 18.2 Å². The highest BCUT2D eigenvalue weighted by Crippen LogP contribution is 2.19. The van der Waals surface area contributed by atoms with Crippen molar-refractivity contribution < 1.29 is 22.3 Å². The normalized spacial score (nSPS) is 11.7. The number of nitrogens with zero attached hydrogens (tertiary/aromatic N) is 1. The first kappa shape index (κ1) is 17.8. The SMILES string of the molecule is COCCN(CC(=O)Nc1ccc(F)c(Cl)c1)S(C)(=O)=O. The van der Waals surface area contributed by atoms with Crippen LogP contribution in [0.2, 0.25) is 5.02 Å². The summed E-state index contributed by atoms with van der Waals surface area (Å²) < 4.78 is 41.9. The topological polar surface area (TPSA) is 75.7 Å². The van der Waals surface area contributed by atoms with E-state index >= 15 is 0 Å². The third kappa shape index (κ3) is 5.96. The molecule has 9 heteroatoms. The number of ether oxygens (including phenoxy) is 1. The summed E-state index contributed by atoms with van der Waals surface area (Å²) in [5.41, 5.74) is 0.284. The van der Waals surface area contributed by atoms with Crippen molar-refractivity contribution in [3.05, 3.63) is 29.0 Å². The van der Waals surface area contributed by atoms with Crippen LogP contribution in [0.3, 0.4) is 0 Å². The lowest BCUT2D eigenvalue weighted by atomic mass is 10.3. The number of sulfonamides is 1. The maximum absolute atomic E-state index is 13.0. The molecule has 0 atom stereocenters. The first-order valence-corrected chi connectivity index (χ1v) is 8.15. The number of benzene rings is 1. The van der Waals surface area contributed by atoms with Crippen LogP contribution in [0.15, 0.2) is 18.2 Å². The van der Waals surface area contributed by atoms with Crippen LogP contribution in [0.4, 0.5) is 10.1 Å². The molecule has 6 nitrogen and oxygen atoms in total. The van der Waals surface area contributed by atoms with E-state index in [0.29, 0.717) is 0 Å². The van der Waals surface area contributed by atoms with Crippen molar-refractivity contribution in [2.75, 3.05) is 38.4 Å². The van der Waals surface area contributed by atoms with Crippen molar-refractivity contribution in [3.63, 3.8) is 0 Å². The Labute approximate surface area is 127 Å². The van der Waals surface area contributed by atoms with Gasteiger partial charge in [-0.2, -0.15) is 4.31 Å². The number of anilines is 1. The quantitative estimate of drug-likeness (QED) is 0.813. The number of amides is 1. The molecule has 0 spiro atoms. The molecule has 0 saturated heterocycles. The second kappa shape index (κ2) is 7.69. The standard InChI is InChI=1S/C12H16ClFN2O4S/c1-20-6-5-16(21(2,18)19)8-12(17)15-9-3-4-11(14)10(13)7-9/h3-4,7H,5-6,8H2,1-2H3,(H,15,17). The van der Waals surface area contributed by atoms with E-state index in [1.54, 1.807) is 0 Å². The van der Waals surface area contributed by atoms with E-state index in [4.69, 9.17) is 16.3 Å². The number of nitrogens with one attached hydrogen (secondary N) is 1. The predicted molar refractivity (Wildman–Crippen MR) is 78.3 cm³/mol. The van der Waals surface area contributed by atoms with Gasteiger partial charge in [-0.3, -0.25) is 4.79 Å². The lowest BCUT2D eigenvalue weighted by Gasteiger charge is -2.19. The van der Waals surface area contributed by atoms with Gasteiger partial charge in [-0.15, -0.1) is 0 Å². The molecule has 1 rings (SSSR count). The van der Waals surface area contributed by atoms with Gasteiger partial charge in [0.2, 0.25) is 15.9 Å². The third-order valence-electron chi connectivity index (χ3n) is 2.54. The van der Waals surface area contributed by atoms with E-state index < -0.39 is 21.7 Å². The van der Waals surface area contributed by atoms with E-state index in [1.807, 2.05) is 0 Å². The summed E-state index contributed by atoms with van der Waals surface area (Å²) in [5.74, 6) is -1.16. The van der Waals surface area contributed by atoms with Gasteiger partial charge in [-0.1, -0.05) is 11.6 Å². The Morgan fingerprint density at radius 2 is 2.14 bits per heavy atom. The molecule has 1 aromatic carbocycles. The minimum absolute atomic E-state index is 0.0624. The fourth-order valence-electron chi connectivity index (χ4n) is 1.49. The average Bonchev–Trinajstić information content (AvgIpc) is 2.37. The molecule has 0 radical (unpaired) electrons. The number of hydrogen-bond acceptors (Lipinski definition) is 4. The molecule has 0 aliphatic carbocycles. The lowest BCUT2D eigenvalue weighted by Crippen LogP contribution is -2.39. The summed E-state index contributed by atoms with van der Waals surface area (Å²) in [4.78, 5) is 11.8. The van der Waals surface area contributed by atoms with E-state index in [0.717, 1.165) is 16.6 Å². The zero-order chi connectivity index (χ0) is 16.0. The number of rotatable bonds is 7. The number of halogens is 2. The number of methoxy groups -OCH3 is 1. The van der Waals surface area contributed by atoms with Crippen molar-refractivity contribution in [1.29, 1.82) is 0 Å². The van der Waals surface area contributed by atoms with Crippen LogP contribution in [-0.4, -0.2) is 51.7 Å². The van der Waals surface area contributed by atoms with Gasteiger partial charge in [0.15, 0.2) is 0 Å². The second-order valence-corrected chi connectivity index (χ2v) is 6.66. The van der Waals surface area contributed by atoms with Crippen LogP contribution < -0.4 is 5.32 Å². The zero-order valence-electron chi connectivity index (χ0n) is 11.6. The highest BCUT2D eigenvalue weighted by atomic mass is 35.5. The molecule has 0 bridgehead atoms. The Morgan fingerprint density at radius 3 is 2.67 bits per heavy atom. The highest BCUT2D eigenvalue weighted by molar-refractivity contribution is 7.88. The van der Waals surface area contributed by atoms with Crippen molar-refractivity contribution >= 4 is 33.2 Å². The van der Waals surface area contributed by atoms with Gasteiger partial charge < -0.3 is 10.1 Å². The van der Waals surface area contributed by atoms with Crippen molar-refractivity contribution in [3.8, 4) is 0 Å². The van der Waals surface area contributed by atoms with Gasteiger partial charge in [0.1, 0.15) is 5.82 Å². The van der Waals surface area contributed by atoms with Crippen LogP contribution >= 0.6 is 11.6 Å². The molecule has 0 saturated carbocycles. The van der Waals surface area contributed by atoms with E-state index in [1.165, 1.54) is 19.2 Å². The van der Waals surface area contributed by atoms with E-state index in [2.05, 4.69) is 5.32 Å². The van der Waals surface area contributed by atoms with Crippen LogP contribution in [0.5, 0.6) is 0 Å². The summed E-state index contributed by atoms with van der Waals surface area (Å²) in [6.45, 7) is -0.132. The fraction of sp³-hybridized carbons (Fsp3) is 0.417. The smallest absolute Gasteiger partial charge is 0.239 e. The summed E-state index contributed by atoms with van der Waals surface area (Å²) >= 11 is 5.59. The van der Waals surface area contributed by atoms with Gasteiger partial charge in [0, 0.05) is 19.3 Å². The largest absolute Gasteiger partial charge is 0.383 e. The monoisotopic (exact) mass is 338 g/mol. The first-order chi connectivity index (χ1) is 9.74. The molecule has 0 unspecified atom stereocenters. The first-order valence-electron chi connectivity index (χ1n) is 5.93. The summed E-state index contributed by atoms with van der Waals surface area (Å²) in [6, 6.07) is 3.69. The van der Waals surface area contributed by atoms with Crippen molar-refractivity contribution in [2.24, 2.45) is 0 Å². The molecule has 0 aliphatic heterocycles. The van der Waals surface area contributed by atoms with Crippen molar-refractivity contribution in [2.45, 2.75) is 0 Å². The molecule has 1 N–H and O–H groups in total. The maximum Gasteiger partial charge on any atom is 0.239 e. The minimum atomic E-state index is -3.53. The number of carbonyl (C=O) groups is 1. The second-order valence-electron chi connectivity index (χ2n) is 4.27. The molecule has 118 valence electrons. The number of carbonyl (C=O) groups excluding carboxylic acids is 1. The molecule has 1 aromatic rings. The van der Waals surface area contributed by atoms with Crippen molar-refractivity contribution in [1.82, 2.24) is 4.31 Å². The molecule has 21 heavy (non-hydrogen) atoms. The predicted octanol–water partition coefficient (Wildman–Crippen LogP) is 1.33. The summed E-state index contributed by atoms with van der Waals surface area (Å²) in [6.07, 6.45) is 1.00. The van der Waals surface area contributed by atoms with Crippen LogP contribution in [0.25, 0.3) is 0 Å². The third-order valence-corrected chi connectivity index (χ3v) is 4.08. The van der Waals surface area contributed by atoms with E-state index in [9.17, 15) is 17.6 Å². The minimum Gasteiger partial charge on any atom is -0.383 e. The summed E-state index contributed by atoms with van der Waals surface area (Å²) in [7, 11) is -2.10. The van der Waals surface area contributed by atoms with Crippen LogP contribution in [0.1, 0.15) is 0 Å². The molecule has 0 aliphatic rings. The maximum atomic E-state index is 13.0. The Morgan fingerprint density at radius 1 is 1.48 bits per heavy atom. The average molecular weight is 339 g/mol. The lowest BCUT2D eigenvalue weighted by molar-refractivity contribution is -0.116. The van der Waals surface area contributed by atoms with Gasteiger partial charge in [-0.25, -0.2) is 12.8 Å². The summed E-state index contributed by atoms with van der Waals surface area (Å²) in [5, 5.41) is 2.32. The Balaban J connectivity index is 2.71. The van der Waals surface area contributed by atoms with Gasteiger partial charge >= 0.3 is 0 Å². The molecule has 0 fully saturated rings. The molecule has 1 amide bonds. The van der Waals surface area contributed by atoms with Crippen LogP contribution in [0, 0.1) is 5.82 Å². The Kier molecular flexibility index (Phi) is 6.53. The van der Waals surface area contributed by atoms with Gasteiger partial charge in [0.25, 0.3) is 0 Å². The van der Waals surface area contributed by atoms with Crippen LogP contribution in [-0.2, 0) is 19.6 Å². The molecule has 0 aromatic heterocycles. The van der Waals surface area contributed by atoms with E-state index in [-0.39, 0.29) is 30.4 Å². The zero-order valence-corrected chi connectivity index (χ0v) is 13.2. The Bertz CT molecular complexity index is 609. The Hall–Kier alpha value is -1.22. The molecule has 0 heterocycles. The molecular formula is C12H16ClFN2O4S. The number of hydrogen-bond donors (Lipinski definition) is 1. The molecular weight excluding hydrogens is 323 g/mol. The van der Waals surface area contributed by atoms with Gasteiger partial charge in [0.05, 0.1) is 24.4 Å². The fourth-order valence-corrected chi connectivity index (χ4v) is 2.43. The highest BCUT2D eigenvalue weighted by Gasteiger charge is 2.20.